The van der Waals surface area contributed by atoms with E-state index in [1.807, 2.05) is 18.2 Å². The Morgan fingerprint density at radius 2 is 2.19 bits per heavy atom. The van der Waals surface area contributed by atoms with Crippen molar-refractivity contribution in [2.75, 3.05) is 7.11 Å². The van der Waals surface area contributed by atoms with Crippen molar-refractivity contribution >= 4 is 15.9 Å². The first-order valence-corrected chi connectivity index (χ1v) is 5.38. The molecule has 16 heavy (non-hydrogen) atoms. The predicted octanol–water partition coefficient (Wildman–Crippen LogP) is 2.21. The van der Waals surface area contributed by atoms with Crippen LogP contribution in [0.15, 0.2) is 39.9 Å². The number of benzene rings is 1. The van der Waals surface area contributed by atoms with E-state index in [0.717, 1.165) is 15.8 Å². The Kier molecular flexibility index (Phi) is 3.05. The molecule has 1 N–H and O–H groups in total. The van der Waals surface area contributed by atoms with Gasteiger partial charge >= 0.3 is 0 Å². The van der Waals surface area contributed by atoms with E-state index in [-0.39, 0.29) is 5.56 Å². The number of ether oxygens (including phenoxy) is 1. The van der Waals surface area contributed by atoms with Gasteiger partial charge in [0.2, 0.25) is 0 Å². The van der Waals surface area contributed by atoms with Crippen LogP contribution in [0.2, 0.25) is 0 Å². The molecule has 0 saturated heterocycles. The lowest BCUT2D eigenvalue weighted by Crippen LogP contribution is -2.04. The van der Waals surface area contributed by atoms with Gasteiger partial charge in [-0.2, -0.15) is 0 Å². The van der Waals surface area contributed by atoms with Crippen LogP contribution in [0.25, 0.3) is 11.3 Å². The van der Waals surface area contributed by atoms with E-state index in [9.17, 15) is 4.79 Å². The average molecular weight is 281 g/mol. The van der Waals surface area contributed by atoms with Crippen LogP contribution in [-0.4, -0.2) is 17.1 Å². The van der Waals surface area contributed by atoms with E-state index in [2.05, 4.69) is 25.9 Å². The fraction of sp³-hybridized carbons (Fsp3) is 0.0909. The Hall–Kier alpha value is -1.62. The summed E-state index contributed by atoms with van der Waals surface area (Å²) in [4.78, 5) is 17.7. The van der Waals surface area contributed by atoms with Gasteiger partial charge in [-0.25, -0.2) is 4.98 Å². The van der Waals surface area contributed by atoms with Gasteiger partial charge in [0.05, 0.1) is 23.6 Å². The van der Waals surface area contributed by atoms with Crippen LogP contribution in [-0.2, 0) is 0 Å². The molecule has 0 atom stereocenters. The zero-order chi connectivity index (χ0) is 11.5. The molecule has 4 nitrogen and oxygen atoms in total. The molecular formula is C11H9BrN2O2. The van der Waals surface area contributed by atoms with Crippen LogP contribution in [0.1, 0.15) is 0 Å². The number of aromatic amines is 1. The minimum atomic E-state index is -0.169. The normalized spacial score (nSPS) is 10.1. The molecule has 0 amide bonds. The van der Waals surface area contributed by atoms with Crippen molar-refractivity contribution in [1.82, 2.24) is 9.97 Å². The van der Waals surface area contributed by atoms with Gasteiger partial charge in [0.25, 0.3) is 5.56 Å². The Bertz CT molecular complexity index is 566. The second-order valence-electron chi connectivity index (χ2n) is 3.15. The fourth-order valence-electron chi connectivity index (χ4n) is 1.35. The number of rotatable bonds is 2. The summed E-state index contributed by atoms with van der Waals surface area (Å²) in [5.41, 5.74) is 1.32. The first-order valence-electron chi connectivity index (χ1n) is 4.59. The molecule has 0 fully saturated rings. The zero-order valence-electron chi connectivity index (χ0n) is 8.53. The minimum absolute atomic E-state index is 0.169. The fourth-order valence-corrected chi connectivity index (χ4v) is 1.89. The molecule has 0 spiro atoms. The molecule has 82 valence electrons. The van der Waals surface area contributed by atoms with Crippen molar-refractivity contribution in [3.8, 4) is 17.0 Å². The van der Waals surface area contributed by atoms with E-state index in [0.29, 0.717) is 5.69 Å². The second-order valence-corrected chi connectivity index (χ2v) is 4.00. The molecule has 0 aliphatic carbocycles. The molecule has 0 saturated carbocycles. The number of halogens is 1. The highest BCUT2D eigenvalue weighted by Gasteiger charge is 2.04. The number of methoxy groups -OCH3 is 1. The Labute approximate surface area is 100 Å². The van der Waals surface area contributed by atoms with Gasteiger partial charge in [-0.1, -0.05) is 0 Å². The van der Waals surface area contributed by atoms with Crippen LogP contribution in [0, 0.1) is 0 Å². The van der Waals surface area contributed by atoms with E-state index >= 15 is 0 Å². The van der Waals surface area contributed by atoms with E-state index in [4.69, 9.17) is 4.74 Å². The van der Waals surface area contributed by atoms with E-state index in [1.54, 1.807) is 7.11 Å². The summed E-state index contributed by atoms with van der Waals surface area (Å²) >= 11 is 3.38. The quantitative estimate of drug-likeness (QED) is 0.918. The third kappa shape index (κ3) is 2.14. The lowest BCUT2D eigenvalue weighted by molar-refractivity contribution is 0.412. The summed E-state index contributed by atoms with van der Waals surface area (Å²) in [5, 5.41) is 0. The Balaban J connectivity index is 2.49. The van der Waals surface area contributed by atoms with Gasteiger partial charge in [0.1, 0.15) is 5.75 Å². The maximum absolute atomic E-state index is 11.1. The van der Waals surface area contributed by atoms with Crippen LogP contribution in [0.5, 0.6) is 5.75 Å². The highest BCUT2D eigenvalue weighted by Crippen LogP contribution is 2.29. The van der Waals surface area contributed by atoms with Crippen molar-refractivity contribution in [1.29, 1.82) is 0 Å². The van der Waals surface area contributed by atoms with Gasteiger partial charge < -0.3 is 9.72 Å². The van der Waals surface area contributed by atoms with Gasteiger partial charge in [-0.05, 0) is 34.1 Å². The largest absolute Gasteiger partial charge is 0.496 e. The summed E-state index contributed by atoms with van der Waals surface area (Å²) in [6.45, 7) is 0. The standard InChI is InChI=1S/C11H9BrN2O2/c1-16-10-3-2-7(4-8(10)12)9-5-11(15)14-6-13-9/h2-6H,1H3,(H,13,14,15). The third-order valence-electron chi connectivity index (χ3n) is 2.13. The van der Waals surface area contributed by atoms with Gasteiger partial charge in [-0.15, -0.1) is 0 Å². The molecule has 2 rings (SSSR count). The monoisotopic (exact) mass is 280 g/mol. The van der Waals surface area contributed by atoms with Crippen LogP contribution < -0.4 is 10.3 Å². The number of hydrogen-bond donors (Lipinski definition) is 1. The average Bonchev–Trinajstić information content (AvgIpc) is 2.29. The Morgan fingerprint density at radius 3 is 2.81 bits per heavy atom. The van der Waals surface area contributed by atoms with Crippen LogP contribution in [0.4, 0.5) is 0 Å². The van der Waals surface area contributed by atoms with Gasteiger partial charge in [-0.3, -0.25) is 4.79 Å². The smallest absolute Gasteiger partial charge is 0.251 e. The third-order valence-corrected chi connectivity index (χ3v) is 2.75. The summed E-state index contributed by atoms with van der Waals surface area (Å²) in [5.74, 6) is 0.744. The molecule has 1 aromatic carbocycles. The molecule has 0 bridgehead atoms. The van der Waals surface area contributed by atoms with Crippen molar-refractivity contribution < 1.29 is 4.74 Å². The topological polar surface area (TPSA) is 55.0 Å². The molecular weight excluding hydrogens is 272 g/mol. The van der Waals surface area contributed by atoms with Gasteiger partial charge in [0.15, 0.2) is 0 Å². The first kappa shape index (κ1) is 10.9. The maximum atomic E-state index is 11.1. The van der Waals surface area contributed by atoms with Crippen molar-refractivity contribution in [3.63, 3.8) is 0 Å². The van der Waals surface area contributed by atoms with Crippen molar-refractivity contribution in [3.05, 3.63) is 45.4 Å². The number of H-pyrrole nitrogens is 1. The van der Waals surface area contributed by atoms with E-state index < -0.39 is 0 Å². The summed E-state index contributed by atoms with van der Waals surface area (Å²) < 4.78 is 5.95. The zero-order valence-corrected chi connectivity index (χ0v) is 10.1. The number of nitrogens with one attached hydrogen (secondary N) is 1. The van der Waals surface area contributed by atoms with Crippen LogP contribution >= 0.6 is 15.9 Å². The molecule has 0 unspecified atom stereocenters. The first-order chi connectivity index (χ1) is 7.70. The van der Waals surface area contributed by atoms with Crippen molar-refractivity contribution in [2.24, 2.45) is 0 Å². The van der Waals surface area contributed by atoms with Gasteiger partial charge in [0, 0.05) is 11.6 Å². The number of nitrogens with zero attached hydrogens (tertiary/aromatic N) is 1. The lowest BCUT2D eigenvalue weighted by atomic mass is 10.1. The molecule has 1 aromatic heterocycles. The van der Waals surface area contributed by atoms with Crippen molar-refractivity contribution in [2.45, 2.75) is 0 Å². The highest BCUT2D eigenvalue weighted by molar-refractivity contribution is 9.10. The Morgan fingerprint density at radius 1 is 1.38 bits per heavy atom. The van der Waals surface area contributed by atoms with Crippen LogP contribution in [0.3, 0.4) is 0 Å². The molecule has 5 heteroatoms. The predicted molar refractivity (Wildman–Crippen MR) is 64.5 cm³/mol. The lowest BCUT2D eigenvalue weighted by Gasteiger charge is -2.05. The SMILES string of the molecule is COc1ccc(-c2cc(=O)[nH]cn2)cc1Br. The highest BCUT2D eigenvalue weighted by atomic mass is 79.9. The summed E-state index contributed by atoms with van der Waals surface area (Å²) in [6.07, 6.45) is 1.38. The molecule has 2 aromatic rings. The minimum Gasteiger partial charge on any atom is -0.496 e. The number of hydrogen-bond acceptors (Lipinski definition) is 3. The molecule has 0 radical (unpaired) electrons. The number of aromatic nitrogens is 2. The summed E-state index contributed by atoms with van der Waals surface area (Å²) in [6, 6.07) is 6.99. The van der Waals surface area contributed by atoms with E-state index in [1.165, 1.54) is 12.4 Å². The second kappa shape index (κ2) is 4.49. The molecule has 1 heterocycles. The maximum Gasteiger partial charge on any atom is 0.251 e. The summed E-state index contributed by atoms with van der Waals surface area (Å²) in [7, 11) is 1.60. The molecule has 0 aliphatic heterocycles. The molecule has 0 aliphatic rings.